The molecule has 1 heterocycles. The number of nitrogens with zero attached hydrogens (tertiary/aromatic N) is 3. The topological polar surface area (TPSA) is 55.2 Å². The zero-order valence-corrected chi connectivity index (χ0v) is 13.0. The van der Waals surface area contributed by atoms with Gasteiger partial charge in [-0.3, -0.25) is 19.1 Å². The van der Waals surface area contributed by atoms with Crippen molar-refractivity contribution in [2.75, 3.05) is 14.1 Å². The molecule has 1 aromatic carbocycles. The van der Waals surface area contributed by atoms with Crippen LogP contribution in [0, 0.1) is 0 Å². The van der Waals surface area contributed by atoms with Crippen LogP contribution in [0.25, 0.3) is 11.0 Å². The van der Waals surface area contributed by atoms with E-state index < -0.39 is 0 Å². The standard InChI is InChI=1S/C16H21N3O2/c1-5-8-14(18(3)4)16(21)19-13-10-7-6-9-12(13)17-15(19)11(2)20/h6-7,9-10,14H,5,8H2,1-4H3. The van der Waals surface area contributed by atoms with Crippen molar-refractivity contribution in [2.24, 2.45) is 0 Å². The average Bonchev–Trinajstić information content (AvgIpc) is 2.83. The summed E-state index contributed by atoms with van der Waals surface area (Å²) in [6, 6.07) is 7.08. The van der Waals surface area contributed by atoms with Gasteiger partial charge in [0, 0.05) is 6.92 Å². The molecule has 2 aromatic rings. The minimum absolute atomic E-state index is 0.0965. The number of benzene rings is 1. The lowest BCUT2D eigenvalue weighted by Gasteiger charge is -2.23. The second-order valence-electron chi connectivity index (χ2n) is 5.42. The third-order valence-corrected chi connectivity index (χ3v) is 3.57. The predicted molar refractivity (Wildman–Crippen MR) is 82.7 cm³/mol. The molecule has 0 saturated carbocycles. The molecule has 0 fully saturated rings. The summed E-state index contributed by atoms with van der Waals surface area (Å²) in [7, 11) is 3.76. The minimum atomic E-state index is -0.259. The van der Waals surface area contributed by atoms with Crippen LogP contribution in [0.2, 0.25) is 0 Å². The Morgan fingerprint density at radius 1 is 1.29 bits per heavy atom. The lowest BCUT2D eigenvalue weighted by atomic mass is 10.1. The normalized spacial score (nSPS) is 12.8. The first kappa shape index (κ1) is 15.4. The van der Waals surface area contributed by atoms with Gasteiger partial charge in [-0.1, -0.05) is 25.5 Å². The van der Waals surface area contributed by atoms with Crippen molar-refractivity contribution < 1.29 is 9.59 Å². The maximum absolute atomic E-state index is 12.9. The van der Waals surface area contributed by atoms with Gasteiger partial charge in [0.2, 0.25) is 5.91 Å². The van der Waals surface area contributed by atoms with Crippen molar-refractivity contribution in [3.8, 4) is 0 Å². The molecule has 0 saturated heterocycles. The molecular formula is C16H21N3O2. The fourth-order valence-corrected chi connectivity index (χ4v) is 2.51. The van der Waals surface area contributed by atoms with Gasteiger partial charge in [0.15, 0.2) is 11.6 Å². The Balaban J connectivity index is 2.60. The van der Waals surface area contributed by atoms with E-state index in [0.717, 1.165) is 12.8 Å². The van der Waals surface area contributed by atoms with E-state index in [2.05, 4.69) is 4.98 Å². The van der Waals surface area contributed by atoms with E-state index in [4.69, 9.17) is 0 Å². The first-order valence-corrected chi connectivity index (χ1v) is 7.16. The predicted octanol–water partition coefficient (Wildman–Crippen LogP) is 2.61. The Kier molecular flexibility index (Phi) is 4.53. The number of carbonyl (C=O) groups is 2. The van der Waals surface area contributed by atoms with E-state index >= 15 is 0 Å². The molecule has 0 amide bonds. The number of aromatic nitrogens is 2. The average molecular weight is 287 g/mol. The molecule has 21 heavy (non-hydrogen) atoms. The smallest absolute Gasteiger partial charge is 0.250 e. The van der Waals surface area contributed by atoms with Crippen LogP contribution < -0.4 is 0 Å². The second-order valence-corrected chi connectivity index (χ2v) is 5.42. The van der Waals surface area contributed by atoms with Gasteiger partial charge in [-0.25, -0.2) is 4.98 Å². The molecule has 1 aromatic heterocycles. The van der Waals surface area contributed by atoms with Crippen LogP contribution in [0.5, 0.6) is 0 Å². The highest BCUT2D eigenvalue weighted by Crippen LogP contribution is 2.19. The molecule has 1 unspecified atom stereocenters. The number of carbonyl (C=O) groups excluding carboxylic acids is 2. The fourth-order valence-electron chi connectivity index (χ4n) is 2.51. The molecule has 0 aliphatic heterocycles. The highest BCUT2D eigenvalue weighted by Gasteiger charge is 2.27. The van der Waals surface area contributed by atoms with E-state index in [-0.39, 0.29) is 23.6 Å². The quantitative estimate of drug-likeness (QED) is 0.793. The maximum Gasteiger partial charge on any atom is 0.250 e. The molecule has 0 aliphatic rings. The molecule has 5 heteroatoms. The second kappa shape index (κ2) is 6.18. The van der Waals surface area contributed by atoms with Gasteiger partial charge >= 0.3 is 0 Å². The minimum Gasteiger partial charge on any atom is -0.298 e. The van der Waals surface area contributed by atoms with Crippen LogP contribution in [-0.4, -0.2) is 46.3 Å². The number of Topliss-reactive ketones (excluding diaryl/α,β-unsaturated/α-hetero) is 1. The summed E-state index contributed by atoms with van der Waals surface area (Å²) < 4.78 is 1.47. The van der Waals surface area contributed by atoms with Crippen molar-refractivity contribution in [1.82, 2.24) is 14.5 Å². The molecule has 0 bridgehead atoms. The third-order valence-electron chi connectivity index (χ3n) is 3.57. The summed E-state index contributed by atoms with van der Waals surface area (Å²) in [4.78, 5) is 30.9. The van der Waals surface area contributed by atoms with E-state index in [1.165, 1.54) is 11.5 Å². The van der Waals surface area contributed by atoms with Crippen LogP contribution >= 0.6 is 0 Å². The van der Waals surface area contributed by atoms with Gasteiger partial charge in [0.25, 0.3) is 0 Å². The van der Waals surface area contributed by atoms with Crippen molar-refractivity contribution in [1.29, 1.82) is 0 Å². The summed E-state index contributed by atoms with van der Waals surface area (Å²) in [6.07, 6.45) is 1.65. The first-order valence-electron chi connectivity index (χ1n) is 7.16. The molecule has 0 spiro atoms. The van der Waals surface area contributed by atoms with Crippen molar-refractivity contribution in [2.45, 2.75) is 32.7 Å². The lowest BCUT2D eigenvalue weighted by molar-refractivity contribution is 0.0769. The largest absolute Gasteiger partial charge is 0.298 e. The van der Waals surface area contributed by atoms with Crippen molar-refractivity contribution in [3.63, 3.8) is 0 Å². The Hall–Kier alpha value is -2.01. The molecule has 0 N–H and O–H groups in total. The van der Waals surface area contributed by atoms with Crippen molar-refractivity contribution in [3.05, 3.63) is 30.1 Å². The number of rotatable bonds is 5. The molecule has 0 radical (unpaired) electrons. The van der Waals surface area contributed by atoms with Crippen molar-refractivity contribution >= 4 is 22.7 Å². The van der Waals surface area contributed by atoms with Gasteiger partial charge in [-0.05, 0) is 32.6 Å². The Bertz CT molecular complexity index is 673. The van der Waals surface area contributed by atoms with Gasteiger partial charge < -0.3 is 0 Å². The SMILES string of the molecule is CCCC(C(=O)n1c(C(C)=O)nc2ccccc21)N(C)C. The number of ketones is 1. The lowest BCUT2D eigenvalue weighted by Crippen LogP contribution is -2.39. The van der Waals surface area contributed by atoms with Crippen LogP contribution in [0.4, 0.5) is 0 Å². The summed E-state index contributed by atoms with van der Waals surface area (Å²) in [5, 5.41) is 0. The molecule has 0 aliphatic carbocycles. The molecule has 2 rings (SSSR count). The fraction of sp³-hybridized carbons (Fsp3) is 0.438. The van der Waals surface area contributed by atoms with E-state index in [1.807, 2.05) is 50.2 Å². The van der Waals surface area contributed by atoms with Crippen LogP contribution in [0.3, 0.4) is 0 Å². The third kappa shape index (κ3) is 2.88. The van der Waals surface area contributed by atoms with Gasteiger partial charge in [-0.15, -0.1) is 0 Å². The number of para-hydroxylation sites is 2. The number of hydrogen-bond donors (Lipinski definition) is 0. The number of imidazole rings is 1. The molecule has 112 valence electrons. The molecular weight excluding hydrogens is 266 g/mol. The van der Waals surface area contributed by atoms with Gasteiger partial charge in [-0.2, -0.15) is 0 Å². The van der Waals surface area contributed by atoms with E-state index in [1.54, 1.807) is 0 Å². The highest BCUT2D eigenvalue weighted by molar-refractivity contribution is 6.02. The number of hydrogen-bond acceptors (Lipinski definition) is 4. The van der Waals surface area contributed by atoms with Gasteiger partial charge in [0.05, 0.1) is 17.1 Å². The Morgan fingerprint density at radius 3 is 2.52 bits per heavy atom. The maximum atomic E-state index is 12.9. The number of likely N-dealkylation sites (N-methyl/N-ethyl adjacent to an activating group) is 1. The molecule has 5 nitrogen and oxygen atoms in total. The Morgan fingerprint density at radius 2 is 1.95 bits per heavy atom. The highest BCUT2D eigenvalue weighted by atomic mass is 16.2. The zero-order chi connectivity index (χ0) is 15.6. The van der Waals surface area contributed by atoms with Gasteiger partial charge in [0.1, 0.15) is 0 Å². The number of fused-ring (bicyclic) bond motifs is 1. The monoisotopic (exact) mass is 287 g/mol. The van der Waals surface area contributed by atoms with Crippen LogP contribution in [-0.2, 0) is 0 Å². The summed E-state index contributed by atoms with van der Waals surface area (Å²) in [5.74, 6) is -0.0848. The summed E-state index contributed by atoms with van der Waals surface area (Å²) in [6.45, 7) is 3.48. The van der Waals surface area contributed by atoms with Crippen LogP contribution in [0.15, 0.2) is 24.3 Å². The molecule has 1 atom stereocenters. The Labute approximate surface area is 124 Å². The van der Waals surface area contributed by atoms with Crippen LogP contribution in [0.1, 0.15) is 42.1 Å². The summed E-state index contributed by atoms with van der Waals surface area (Å²) >= 11 is 0. The van der Waals surface area contributed by atoms with E-state index in [0.29, 0.717) is 11.0 Å². The summed E-state index contributed by atoms with van der Waals surface area (Å²) in [5.41, 5.74) is 1.36. The first-order chi connectivity index (χ1) is 9.97. The van der Waals surface area contributed by atoms with E-state index in [9.17, 15) is 9.59 Å². The zero-order valence-electron chi connectivity index (χ0n) is 13.0.